The Balaban J connectivity index is 2.12. The van der Waals surface area contributed by atoms with Gasteiger partial charge in [-0.05, 0) is 30.7 Å². The van der Waals surface area contributed by atoms with Crippen LogP contribution in [0.5, 0.6) is 0 Å². The predicted octanol–water partition coefficient (Wildman–Crippen LogP) is 2.86. The van der Waals surface area contributed by atoms with Crippen molar-refractivity contribution in [2.24, 2.45) is 0 Å². The van der Waals surface area contributed by atoms with E-state index in [2.05, 4.69) is 11.8 Å². The van der Waals surface area contributed by atoms with Crippen LogP contribution in [0.2, 0.25) is 0 Å². The minimum absolute atomic E-state index is 0.384. The van der Waals surface area contributed by atoms with Gasteiger partial charge in [-0.25, -0.2) is 0 Å². The zero-order valence-corrected chi connectivity index (χ0v) is 13.0. The van der Waals surface area contributed by atoms with Crippen LogP contribution in [0.15, 0.2) is 24.3 Å². The Morgan fingerprint density at radius 3 is 2.17 bits per heavy atom. The topological polar surface area (TPSA) is 43.8 Å². The minimum atomic E-state index is -4.41. The van der Waals surface area contributed by atoms with Gasteiger partial charge in [0.15, 0.2) is 0 Å². The van der Waals surface area contributed by atoms with Crippen LogP contribution in [0, 0.1) is 0 Å². The van der Waals surface area contributed by atoms with Crippen molar-refractivity contribution in [3.05, 3.63) is 35.4 Å². The SMILES string of the molecule is CCCN1CCN(C(C(=O)O)c2ccc(C(F)(F)F)cc2)CC1. The maximum atomic E-state index is 12.6. The lowest BCUT2D eigenvalue weighted by Crippen LogP contribution is -2.49. The Hall–Kier alpha value is -1.60. The van der Waals surface area contributed by atoms with Gasteiger partial charge < -0.3 is 10.0 Å². The van der Waals surface area contributed by atoms with Crippen molar-refractivity contribution >= 4 is 5.97 Å². The number of nitrogens with zero attached hydrogens (tertiary/aromatic N) is 2. The van der Waals surface area contributed by atoms with E-state index in [1.807, 2.05) is 4.90 Å². The molecule has 0 spiro atoms. The molecule has 1 unspecified atom stereocenters. The van der Waals surface area contributed by atoms with E-state index < -0.39 is 23.8 Å². The number of hydrogen-bond acceptors (Lipinski definition) is 3. The van der Waals surface area contributed by atoms with Crippen LogP contribution >= 0.6 is 0 Å². The second kappa shape index (κ2) is 7.31. The first-order valence-electron chi connectivity index (χ1n) is 7.69. The normalized spacial score (nSPS) is 18.8. The summed E-state index contributed by atoms with van der Waals surface area (Å²) in [4.78, 5) is 15.7. The summed E-state index contributed by atoms with van der Waals surface area (Å²) in [6.07, 6.45) is -3.37. The highest BCUT2D eigenvalue weighted by Gasteiger charge is 2.33. The maximum absolute atomic E-state index is 12.6. The van der Waals surface area contributed by atoms with Crippen LogP contribution in [0.3, 0.4) is 0 Å². The van der Waals surface area contributed by atoms with Gasteiger partial charge in [0.2, 0.25) is 0 Å². The van der Waals surface area contributed by atoms with Crippen molar-refractivity contribution < 1.29 is 23.1 Å². The van der Waals surface area contributed by atoms with Gasteiger partial charge in [-0.3, -0.25) is 9.69 Å². The number of rotatable bonds is 5. The molecular formula is C16H21F3N2O2. The third kappa shape index (κ3) is 4.45. The van der Waals surface area contributed by atoms with Gasteiger partial charge in [-0.2, -0.15) is 13.2 Å². The number of carboxylic acids is 1. The van der Waals surface area contributed by atoms with E-state index in [0.717, 1.165) is 38.2 Å². The van der Waals surface area contributed by atoms with E-state index in [4.69, 9.17) is 0 Å². The Bertz CT molecular complexity index is 523. The highest BCUT2D eigenvalue weighted by atomic mass is 19.4. The van der Waals surface area contributed by atoms with Gasteiger partial charge in [0, 0.05) is 26.2 Å². The zero-order chi connectivity index (χ0) is 17.0. The number of piperazine rings is 1. The maximum Gasteiger partial charge on any atom is 0.416 e. The lowest BCUT2D eigenvalue weighted by Gasteiger charge is -2.37. The van der Waals surface area contributed by atoms with Crippen LogP contribution in [0.1, 0.15) is 30.5 Å². The van der Waals surface area contributed by atoms with Crippen molar-refractivity contribution in [3.8, 4) is 0 Å². The molecule has 4 nitrogen and oxygen atoms in total. The molecule has 0 bridgehead atoms. The second-order valence-electron chi connectivity index (χ2n) is 5.74. The Morgan fingerprint density at radius 2 is 1.74 bits per heavy atom. The van der Waals surface area contributed by atoms with E-state index in [1.54, 1.807) is 0 Å². The molecule has 1 aromatic carbocycles. The van der Waals surface area contributed by atoms with Crippen molar-refractivity contribution in [3.63, 3.8) is 0 Å². The molecule has 1 N–H and O–H groups in total. The quantitative estimate of drug-likeness (QED) is 0.902. The number of carbonyl (C=O) groups is 1. The standard InChI is InChI=1S/C16H21F3N2O2/c1-2-7-20-8-10-21(11-9-20)14(15(22)23)12-3-5-13(6-4-12)16(17,18)19/h3-6,14H,2,7-11H2,1H3,(H,22,23). The lowest BCUT2D eigenvalue weighted by molar-refractivity contribution is -0.144. The lowest BCUT2D eigenvalue weighted by atomic mass is 10.0. The molecule has 23 heavy (non-hydrogen) atoms. The second-order valence-corrected chi connectivity index (χ2v) is 5.74. The first-order valence-corrected chi connectivity index (χ1v) is 7.69. The largest absolute Gasteiger partial charge is 0.480 e. The van der Waals surface area contributed by atoms with Crippen LogP contribution < -0.4 is 0 Å². The number of alkyl halides is 3. The van der Waals surface area contributed by atoms with Gasteiger partial charge in [0.05, 0.1) is 5.56 Å². The van der Waals surface area contributed by atoms with Gasteiger partial charge in [0.25, 0.3) is 0 Å². The van der Waals surface area contributed by atoms with E-state index >= 15 is 0 Å². The molecule has 0 radical (unpaired) electrons. The summed E-state index contributed by atoms with van der Waals surface area (Å²) in [5.74, 6) is -1.03. The molecule has 0 saturated carbocycles. The number of hydrogen-bond donors (Lipinski definition) is 1. The molecule has 1 aliphatic rings. The van der Waals surface area contributed by atoms with Gasteiger partial charge in [-0.15, -0.1) is 0 Å². The van der Waals surface area contributed by atoms with Crippen molar-refractivity contribution in [2.75, 3.05) is 32.7 Å². The highest BCUT2D eigenvalue weighted by Crippen LogP contribution is 2.31. The average Bonchev–Trinajstić information content (AvgIpc) is 2.49. The van der Waals surface area contributed by atoms with E-state index in [0.29, 0.717) is 18.7 Å². The molecule has 1 aliphatic heterocycles. The number of benzene rings is 1. The Morgan fingerprint density at radius 1 is 1.17 bits per heavy atom. The fourth-order valence-corrected chi connectivity index (χ4v) is 2.93. The average molecular weight is 330 g/mol. The molecule has 128 valence electrons. The molecule has 1 fully saturated rings. The Labute approximate surface area is 133 Å². The molecule has 1 heterocycles. The third-order valence-electron chi connectivity index (χ3n) is 4.10. The summed E-state index contributed by atoms with van der Waals surface area (Å²) in [6.45, 7) is 5.81. The molecule has 1 aromatic rings. The van der Waals surface area contributed by atoms with Crippen molar-refractivity contribution in [1.82, 2.24) is 9.80 Å². The molecule has 7 heteroatoms. The summed E-state index contributed by atoms with van der Waals surface area (Å²) in [6, 6.07) is 3.51. The molecule has 0 aliphatic carbocycles. The first-order chi connectivity index (χ1) is 10.8. The fraction of sp³-hybridized carbons (Fsp3) is 0.562. The van der Waals surface area contributed by atoms with Crippen molar-refractivity contribution in [1.29, 1.82) is 0 Å². The first kappa shape index (κ1) is 17.7. The molecule has 0 aromatic heterocycles. The van der Waals surface area contributed by atoms with Crippen molar-refractivity contribution in [2.45, 2.75) is 25.6 Å². The minimum Gasteiger partial charge on any atom is -0.480 e. The zero-order valence-electron chi connectivity index (χ0n) is 13.0. The van der Waals surface area contributed by atoms with Gasteiger partial charge in [-0.1, -0.05) is 19.1 Å². The van der Waals surface area contributed by atoms with Crippen LogP contribution in [-0.2, 0) is 11.0 Å². The Kier molecular flexibility index (Phi) is 5.64. The van der Waals surface area contributed by atoms with Crippen LogP contribution in [-0.4, -0.2) is 53.6 Å². The molecule has 1 atom stereocenters. The van der Waals surface area contributed by atoms with E-state index in [9.17, 15) is 23.1 Å². The summed E-state index contributed by atoms with van der Waals surface area (Å²) in [5.41, 5.74) is -0.382. The van der Waals surface area contributed by atoms with E-state index in [1.165, 1.54) is 12.1 Å². The van der Waals surface area contributed by atoms with E-state index in [-0.39, 0.29) is 0 Å². The molecular weight excluding hydrogens is 309 g/mol. The fourth-order valence-electron chi connectivity index (χ4n) is 2.93. The number of halogens is 3. The monoisotopic (exact) mass is 330 g/mol. The van der Waals surface area contributed by atoms with Gasteiger partial charge in [0.1, 0.15) is 6.04 Å². The predicted molar refractivity (Wildman–Crippen MR) is 80.1 cm³/mol. The molecule has 2 rings (SSSR count). The smallest absolute Gasteiger partial charge is 0.416 e. The number of carboxylic acid groups (broad SMARTS) is 1. The van der Waals surface area contributed by atoms with Crippen LogP contribution in [0.4, 0.5) is 13.2 Å². The molecule has 1 saturated heterocycles. The van der Waals surface area contributed by atoms with Gasteiger partial charge >= 0.3 is 12.1 Å². The summed E-state index contributed by atoms with van der Waals surface area (Å²) >= 11 is 0. The van der Waals surface area contributed by atoms with Crippen LogP contribution in [0.25, 0.3) is 0 Å². The third-order valence-corrected chi connectivity index (χ3v) is 4.10. The molecule has 0 amide bonds. The summed E-state index contributed by atoms with van der Waals surface area (Å²) in [7, 11) is 0. The number of aliphatic carboxylic acids is 1. The summed E-state index contributed by atoms with van der Waals surface area (Å²) < 4.78 is 37.9. The highest BCUT2D eigenvalue weighted by molar-refractivity contribution is 5.75. The summed E-state index contributed by atoms with van der Waals surface area (Å²) in [5, 5.41) is 9.50.